The van der Waals surface area contributed by atoms with Gasteiger partial charge in [-0.2, -0.15) is 0 Å². The van der Waals surface area contributed by atoms with Crippen LogP contribution in [0.25, 0.3) is 27.5 Å². The molecule has 172 valence electrons. The molecule has 10 heteroatoms. The summed E-state index contributed by atoms with van der Waals surface area (Å²) in [6, 6.07) is 29.6. The van der Waals surface area contributed by atoms with Crippen LogP contribution in [-0.4, -0.2) is 37.0 Å². The maximum absolute atomic E-state index is 14.2. The summed E-state index contributed by atoms with van der Waals surface area (Å²) in [6.45, 7) is 4.94. The summed E-state index contributed by atoms with van der Waals surface area (Å²) in [6.07, 6.45) is -0.643. The molecule has 6 aliphatic rings. The number of hydrogen-bond acceptors (Lipinski definition) is 1. The molecule has 11 rings (SSSR count). The van der Waals surface area contributed by atoms with Crippen molar-refractivity contribution >= 4 is 104 Å². The molecule has 4 saturated heterocycles. The van der Waals surface area contributed by atoms with Crippen LogP contribution in [0.4, 0.5) is 2.86 Å². The standard InChI is InChI=1S/C27H19B5FIN2P/c1-27(2)18-10-6-14-22-24(18)29(20-12-5-9-17-16-8-3-4-13-21(16)36(22)26(17)20)25-19(27)11-7-15-23(25)37(35-34-33)30-28-31(37)32(30)37/h3-15H,1-2H3/q-1. The number of rotatable bonds is 2. The molecule has 6 aliphatic heterocycles. The van der Waals surface area contributed by atoms with E-state index in [-0.39, 0.29) is 12.1 Å². The van der Waals surface area contributed by atoms with Crippen molar-refractivity contribution in [1.82, 2.24) is 4.57 Å². The molecule has 0 saturated carbocycles. The van der Waals surface area contributed by atoms with Crippen molar-refractivity contribution in [3.8, 4) is 5.69 Å². The molecule has 5 aromatic rings. The Morgan fingerprint density at radius 3 is 2.32 bits per heavy atom. The fraction of sp³-hybridized carbons (Fsp3) is 0.111. The first kappa shape index (κ1) is 20.8. The van der Waals surface area contributed by atoms with Crippen LogP contribution < -0.4 is 21.7 Å². The van der Waals surface area contributed by atoms with Crippen LogP contribution in [0.5, 0.6) is 0 Å². The zero-order valence-corrected chi connectivity index (χ0v) is 23.5. The summed E-state index contributed by atoms with van der Waals surface area (Å²) in [7, 11) is 2.48. The first-order chi connectivity index (χ1) is 18.0. The second-order valence-electron chi connectivity index (χ2n) is 12.2. The number of nitrogens with zero attached hydrogens (tertiary/aromatic N) is 2. The Morgan fingerprint density at radius 2 is 1.57 bits per heavy atom. The van der Waals surface area contributed by atoms with E-state index in [0.29, 0.717) is 18.6 Å². The summed E-state index contributed by atoms with van der Waals surface area (Å²) in [5.41, 5.74) is 10.9. The molecular weight excluding hydrogens is 583 g/mol. The van der Waals surface area contributed by atoms with Gasteiger partial charge in [-0.3, -0.25) is 0 Å². The van der Waals surface area contributed by atoms with E-state index in [1.54, 1.807) is 0 Å². The van der Waals surface area contributed by atoms with Gasteiger partial charge in [-0.25, -0.2) is 0 Å². The number of para-hydroxylation sites is 2. The Hall–Kier alpha value is -2.11. The molecule has 7 heterocycles. The first-order valence-corrected chi connectivity index (χ1v) is 17.4. The van der Waals surface area contributed by atoms with E-state index in [4.69, 9.17) is 2.92 Å². The Balaban J connectivity index is 1.41. The fourth-order valence-electron chi connectivity index (χ4n) is 9.16. The Morgan fingerprint density at radius 1 is 0.865 bits per heavy atom. The quantitative estimate of drug-likeness (QED) is 0.160. The van der Waals surface area contributed by atoms with E-state index < -0.39 is 28.0 Å². The number of hydrogen-bond donors (Lipinski definition) is 0. The second kappa shape index (κ2) is 6.04. The van der Waals surface area contributed by atoms with Gasteiger partial charge in [0.05, 0.1) is 0 Å². The Kier molecular flexibility index (Phi) is 3.40. The minimum absolute atomic E-state index is 0.135. The van der Waals surface area contributed by atoms with E-state index >= 15 is 0 Å². The van der Waals surface area contributed by atoms with Crippen molar-refractivity contribution < 1.29 is 2.86 Å². The van der Waals surface area contributed by atoms with Crippen molar-refractivity contribution in [3.05, 3.63) is 90.0 Å². The van der Waals surface area contributed by atoms with Gasteiger partial charge in [0.15, 0.2) is 0 Å². The molecule has 4 fully saturated rings. The van der Waals surface area contributed by atoms with Gasteiger partial charge in [0.1, 0.15) is 0 Å². The first-order valence-electron chi connectivity index (χ1n) is 13.2. The van der Waals surface area contributed by atoms with E-state index in [0.717, 1.165) is 0 Å². The van der Waals surface area contributed by atoms with Crippen LogP contribution in [0, 0.1) is 0 Å². The van der Waals surface area contributed by atoms with Gasteiger partial charge in [0.2, 0.25) is 0 Å². The second-order valence-corrected chi connectivity index (χ2v) is 18.9. The Labute approximate surface area is 228 Å². The normalized spacial score (nSPS) is 22.5. The van der Waals surface area contributed by atoms with Gasteiger partial charge in [-0.05, 0) is 0 Å². The van der Waals surface area contributed by atoms with Crippen LogP contribution in [0.2, 0.25) is 0 Å². The molecule has 0 unspecified atom stereocenters. The van der Waals surface area contributed by atoms with Crippen molar-refractivity contribution in [1.29, 1.82) is 0 Å². The monoisotopic (exact) mass is 603 g/mol. The summed E-state index contributed by atoms with van der Waals surface area (Å²) in [5, 5.41) is 4.09. The molecule has 1 aromatic heterocycles. The predicted octanol–water partition coefficient (Wildman–Crippen LogP) is 4.25. The van der Waals surface area contributed by atoms with E-state index in [1.165, 1.54) is 60.3 Å². The molecular formula is C27H19B5FIN2P-. The summed E-state index contributed by atoms with van der Waals surface area (Å²) in [4.78, 5) is 0. The number of halogens is 2. The van der Waals surface area contributed by atoms with Gasteiger partial charge in [-0.15, -0.1) is 0 Å². The van der Waals surface area contributed by atoms with Crippen molar-refractivity contribution in [3.63, 3.8) is 0 Å². The third-order valence-electron chi connectivity index (χ3n) is 10.9. The van der Waals surface area contributed by atoms with Crippen molar-refractivity contribution in [2.24, 2.45) is 2.92 Å². The van der Waals surface area contributed by atoms with Crippen molar-refractivity contribution in [2.75, 3.05) is 0 Å². The van der Waals surface area contributed by atoms with Crippen molar-refractivity contribution in [2.45, 2.75) is 19.3 Å². The fourth-order valence-corrected chi connectivity index (χ4v) is 20.9. The van der Waals surface area contributed by atoms with Crippen LogP contribution in [0.15, 0.2) is 81.8 Å². The zero-order valence-electron chi connectivity index (χ0n) is 20.5. The zero-order chi connectivity index (χ0) is 24.5. The molecule has 0 aliphatic carbocycles. The molecule has 2 nitrogen and oxygen atoms in total. The maximum atomic E-state index is 14.2. The summed E-state index contributed by atoms with van der Waals surface area (Å²) in [5.74, 6) is 0. The summed E-state index contributed by atoms with van der Waals surface area (Å²) < 4.78 is 21.8. The number of benzene rings is 4. The minimum atomic E-state index is -2.45. The molecule has 0 atom stereocenters. The summed E-state index contributed by atoms with van der Waals surface area (Å²) >= 11 is -1.59. The van der Waals surface area contributed by atoms with Crippen LogP contribution in [0.1, 0.15) is 25.0 Å². The SMILES string of the molecule is CC1(C)c2cccc3c2B(c2c1cccc2P12(N=IF)B4[B-]B1B42)c1cccc2c4ccccc4n-3c12. The molecule has 2 radical (unpaired) electrons. The Bertz CT molecular complexity index is 1970. The third-order valence-corrected chi connectivity index (χ3v) is 20.8. The van der Waals surface area contributed by atoms with Crippen LogP contribution in [-0.2, 0) is 5.41 Å². The molecule has 4 aromatic carbocycles. The molecule has 0 amide bonds. The van der Waals surface area contributed by atoms with E-state index in [9.17, 15) is 2.86 Å². The van der Waals surface area contributed by atoms with Gasteiger partial charge < -0.3 is 0 Å². The van der Waals surface area contributed by atoms with Gasteiger partial charge >= 0.3 is 229 Å². The molecule has 2 bridgehead atoms. The van der Waals surface area contributed by atoms with Gasteiger partial charge in [-0.1, -0.05) is 0 Å². The molecule has 0 spiro atoms. The molecule has 0 N–H and O–H groups in total. The number of aromatic nitrogens is 1. The number of fused-ring (bicyclic) bond motifs is 7. The van der Waals surface area contributed by atoms with E-state index in [1.807, 2.05) is 0 Å². The third kappa shape index (κ3) is 1.87. The van der Waals surface area contributed by atoms with Crippen LogP contribution >= 0.6 is 28.0 Å². The predicted molar refractivity (Wildman–Crippen MR) is 171 cm³/mol. The topological polar surface area (TPSA) is 17.3 Å². The average Bonchev–Trinajstić information content (AvgIpc) is 3.49. The molecule has 37 heavy (non-hydrogen) atoms. The average molecular weight is 602 g/mol. The van der Waals surface area contributed by atoms with Crippen LogP contribution in [0.3, 0.4) is 0 Å². The van der Waals surface area contributed by atoms with E-state index in [2.05, 4.69) is 104 Å². The van der Waals surface area contributed by atoms with Gasteiger partial charge in [0.25, 0.3) is 0 Å². The van der Waals surface area contributed by atoms with Gasteiger partial charge in [0, 0.05) is 0 Å².